The first kappa shape index (κ1) is 25.2. The summed E-state index contributed by atoms with van der Waals surface area (Å²) >= 11 is 0. The SMILES string of the molecule is CC.CC.CC(OP(C)(=O)O)C1OC(n2cnc3c(=O)[nH]c(N)nc32)C(F)C1C. The van der Waals surface area contributed by atoms with E-state index in [1.54, 1.807) is 6.92 Å². The molecule has 4 N–H and O–H groups in total. The van der Waals surface area contributed by atoms with Crippen LogP contribution in [0.1, 0.15) is 47.8 Å². The first-order chi connectivity index (χ1) is 13.6. The lowest BCUT2D eigenvalue weighted by Gasteiger charge is -2.23. The third kappa shape index (κ3) is 5.63. The molecule has 0 bridgehead atoms. The molecule has 1 aliphatic rings. The summed E-state index contributed by atoms with van der Waals surface area (Å²) in [5.41, 5.74) is 5.11. The maximum Gasteiger partial charge on any atom is 0.325 e. The molecule has 3 heterocycles. The highest BCUT2D eigenvalue weighted by atomic mass is 31.2. The van der Waals surface area contributed by atoms with Crippen LogP contribution in [0.5, 0.6) is 0 Å². The third-order valence-electron chi connectivity index (χ3n) is 4.14. The summed E-state index contributed by atoms with van der Waals surface area (Å²) < 4.78 is 38.3. The second-order valence-electron chi connectivity index (χ2n) is 6.18. The predicted octanol–water partition coefficient (Wildman–Crippen LogP) is 2.85. The fourth-order valence-electron chi connectivity index (χ4n) is 3.06. The van der Waals surface area contributed by atoms with Gasteiger partial charge in [0.1, 0.15) is 0 Å². The summed E-state index contributed by atoms with van der Waals surface area (Å²) in [4.78, 5) is 31.4. The molecule has 1 saturated heterocycles. The van der Waals surface area contributed by atoms with E-state index < -0.39 is 43.7 Å². The monoisotopic (exact) mass is 435 g/mol. The molecule has 3 rings (SSSR count). The van der Waals surface area contributed by atoms with Crippen molar-refractivity contribution in [3.05, 3.63) is 16.7 Å². The Balaban J connectivity index is 0.000000989. The molecule has 2 aromatic rings. The quantitative estimate of drug-likeness (QED) is 0.622. The van der Waals surface area contributed by atoms with E-state index in [0.29, 0.717) is 0 Å². The van der Waals surface area contributed by atoms with E-state index in [1.807, 2.05) is 27.7 Å². The lowest BCUT2D eigenvalue weighted by molar-refractivity contribution is -0.0598. The van der Waals surface area contributed by atoms with E-state index in [1.165, 1.54) is 17.8 Å². The number of anilines is 1. The van der Waals surface area contributed by atoms with Crippen LogP contribution < -0.4 is 11.3 Å². The van der Waals surface area contributed by atoms with Gasteiger partial charge in [0.25, 0.3) is 5.56 Å². The summed E-state index contributed by atoms with van der Waals surface area (Å²) in [6.45, 7) is 12.2. The molecule has 0 spiro atoms. The van der Waals surface area contributed by atoms with E-state index in [9.17, 15) is 18.6 Å². The lowest BCUT2D eigenvalue weighted by atomic mass is 9.98. The molecule has 6 unspecified atom stereocenters. The standard InChI is InChI=1S/C13H19FN5O5P.2C2H6/c1-5-7(14)12(23-9(5)6(2)24-25(3,21)22)19-4-16-8-10(19)17-13(15)18-11(8)20;2*1-2/h4-7,9,12H,1-3H3,(H,21,22)(H3,15,17,18,20);2*1-2H3. The van der Waals surface area contributed by atoms with E-state index in [0.717, 1.165) is 6.66 Å². The van der Waals surface area contributed by atoms with Crippen molar-refractivity contribution in [3.63, 3.8) is 0 Å². The lowest BCUT2D eigenvalue weighted by Crippen LogP contribution is -2.30. The zero-order valence-corrected chi connectivity index (χ0v) is 18.7. The Hall–Kier alpha value is -1.81. The van der Waals surface area contributed by atoms with Gasteiger partial charge in [-0.3, -0.25) is 18.9 Å². The van der Waals surface area contributed by atoms with Gasteiger partial charge in [-0.1, -0.05) is 34.6 Å². The molecule has 0 amide bonds. The van der Waals surface area contributed by atoms with Gasteiger partial charge in [0, 0.05) is 12.6 Å². The number of nitrogens with one attached hydrogen (secondary N) is 1. The van der Waals surface area contributed by atoms with Crippen LogP contribution in [0.3, 0.4) is 0 Å². The van der Waals surface area contributed by atoms with Crippen molar-refractivity contribution in [2.75, 3.05) is 12.4 Å². The molecule has 0 aliphatic carbocycles. The van der Waals surface area contributed by atoms with Gasteiger partial charge in [-0.15, -0.1) is 0 Å². The number of rotatable bonds is 4. The van der Waals surface area contributed by atoms with Gasteiger partial charge in [0.15, 0.2) is 23.6 Å². The highest BCUT2D eigenvalue weighted by Crippen LogP contribution is 2.44. The highest BCUT2D eigenvalue weighted by Gasteiger charge is 2.47. The van der Waals surface area contributed by atoms with Crippen LogP contribution >= 0.6 is 7.60 Å². The molecule has 29 heavy (non-hydrogen) atoms. The minimum atomic E-state index is -3.75. The van der Waals surface area contributed by atoms with Crippen LogP contribution in [0.2, 0.25) is 0 Å². The van der Waals surface area contributed by atoms with Crippen molar-refractivity contribution in [1.29, 1.82) is 0 Å². The van der Waals surface area contributed by atoms with Crippen LogP contribution in [0.25, 0.3) is 11.2 Å². The average Bonchev–Trinajstić information content (AvgIpc) is 3.19. The van der Waals surface area contributed by atoms with E-state index in [-0.39, 0.29) is 17.1 Å². The molecular weight excluding hydrogens is 404 g/mol. The number of fused-ring (bicyclic) bond motifs is 1. The molecule has 0 aromatic carbocycles. The second kappa shape index (κ2) is 10.3. The Morgan fingerprint density at radius 1 is 1.41 bits per heavy atom. The smallest absolute Gasteiger partial charge is 0.325 e. The number of ether oxygens (including phenoxy) is 1. The fourth-order valence-corrected chi connectivity index (χ4v) is 3.79. The molecule has 12 heteroatoms. The number of nitrogens with two attached hydrogens (primary N) is 1. The second-order valence-corrected chi connectivity index (χ2v) is 8.00. The van der Waals surface area contributed by atoms with Gasteiger partial charge < -0.3 is 19.9 Å². The van der Waals surface area contributed by atoms with Gasteiger partial charge in [-0.05, 0) is 6.92 Å². The van der Waals surface area contributed by atoms with E-state index in [2.05, 4.69) is 15.0 Å². The summed E-state index contributed by atoms with van der Waals surface area (Å²) in [5, 5.41) is 0. The van der Waals surface area contributed by atoms with Crippen LogP contribution in [0.4, 0.5) is 10.3 Å². The Morgan fingerprint density at radius 2 is 2.00 bits per heavy atom. The number of alkyl halides is 1. The Labute approximate surface area is 169 Å². The number of H-pyrrole nitrogens is 1. The van der Waals surface area contributed by atoms with Crippen molar-refractivity contribution < 1.29 is 23.1 Å². The number of hydrogen-bond acceptors (Lipinski definition) is 7. The van der Waals surface area contributed by atoms with E-state index >= 15 is 0 Å². The van der Waals surface area contributed by atoms with Crippen molar-refractivity contribution in [2.45, 2.75) is 66.1 Å². The first-order valence-electron chi connectivity index (χ1n) is 9.59. The van der Waals surface area contributed by atoms with Crippen LogP contribution in [-0.4, -0.2) is 49.5 Å². The topological polar surface area (TPSA) is 145 Å². The van der Waals surface area contributed by atoms with Gasteiger partial charge in [-0.2, -0.15) is 4.98 Å². The Bertz CT molecular complexity index is 898. The number of nitrogen functional groups attached to an aromatic ring is 1. The summed E-state index contributed by atoms with van der Waals surface area (Å²) in [6.07, 6.45) is -2.90. The maximum absolute atomic E-state index is 14.8. The summed E-state index contributed by atoms with van der Waals surface area (Å²) in [6, 6.07) is 0. The normalized spacial score (nSPS) is 26.7. The molecule has 1 fully saturated rings. The molecule has 6 atom stereocenters. The average molecular weight is 435 g/mol. The minimum Gasteiger partial charge on any atom is -0.369 e. The fraction of sp³-hybridized carbons (Fsp3) is 0.706. The number of halogens is 1. The molecular formula is C17H31FN5O5P. The largest absolute Gasteiger partial charge is 0.369 e. The third-order valence-corrected chi connectivity index (χ3v) is 4.86. The van der Waals surface area contributed by atoms with Crippen LogP contribution in [0.15, 0.2) is 11.1 Å². The van der Waals surface area contributed by atoms with Gasteiger partial charge >= 0.3 is 7.60 Å². The molecule has 0 saturated carbocycles. The maximum atomic E-state index is 14.8. The van der Waals surface area contributed by atoms with Gasteiger partial charge in [-0.25, -0.2) is 9.37 Å². The van der Waals surface area contributed by atoms with Crippen molar-refractivity contribution >= 4 is 24.7 Å². The molecule has 0 radical (unpaired) electrons. The number of nitrogens with zero attached hydrogens (tertiary/aromatic N) is 3. The van der Waals surface area contributed by atoms with Crippen molar-refractivity contribution in [3.8, 4) is 0 Å². The minimum absolute atomic E-state index is 0.0128. The Kier molecular flexibility index (Phi) is 8.95. The molecule has 166 valence electrons. The zero-order chi connectivity index (χ0) is 22.5. The van der Waals surface area contributed by atoms with E-state index in [4.69, 9.17) is 15.0 Å². The number of aromatic amines is 1. The molecule has 2 aromatic heterocycles. The van der Waals surface area contributed by atoms with Crippen LogP contribution in [0, 0.1) is 5.92 Å². The zero-order valence-electron chi connectivity index (χ0n) is 17.8. The van der Waals surface area contributed by atoms with Gasteiger partial charge in [0.05, 0.1) is 18.5 Å². The first-order valence-corrected chi connectivity index (χ1v) is 11.6. The van der Waals surface area contributed by atoms with Crippen molar-refractivity contribution in [1.82, 2.24) is 19.5 Å². The predicted molar refractivity (Wildman–Crippen MR) is 110 cm³/mol. The molecule has 1 aliphatic heterocycles. The van der Waals surface area contributed by atoms with Crippen molar-refractivity contribution in [2.24, 2.45) is 5.92 Å². The Morgan fingerprint density at radius 3 is 2.55 bits per heavy atom. The number of aromatic nitrogens is 4. The highest BCUT2D eigenvalue weighted by molar-refractivity contribution is 7.51. The summed E-state index contributed by atoms with van der Waals surface area (Å²) in [5.74, 6) is -0.746. The van der Waals surface area contributed by atoms with Gasteiger partial charge in [0.2, 0.25) is 5.95 Å². The summed E-state index contributed by atoms with van der Waals surface area (Å²) in [7, 11) is -3.75. The molecule has 10 nitrogen and oxygen atoms in total. The number of hydrogen-bond donors (Lipinski definition) is 3. The number of imidazole rings is 1. The van der Waals surface area contributed by atoms with Crippen LogP contribution in [-0.2, 0) is 13.8 Å².